The van der Waals surface area contributed by atoms with Crippen molar-refractivity contribution in [3.63, 3.8) is 0 Å². The molecule has 14 heavy (non-hydrogen) atoms. The van der Waals surface area contributed by atoms with E-state index in [1.54, 1.807) is 6.07 Å². The number of fused-ring (bicyclic) bond motifs is 2. The highest BCUT2D eigenvalue weighted by molar-refractivity contribution is 6.09. The Balaban J connectivity index is 1.92. The van der Waals surface area contributed by atoms with Gasteiger partial charge in [-0.2, -0.15) is 0 Å². The summed E-state index contributed by atoms with van der Waals surface area (Å²) in [6.45, 7) is 0. The van der Waals surface area contributed by atoms with Crippen LogP contribution >= 0.6 is 0 Å². The molecule has 1 aromatic heterocycles. The van der Waals surface area contributed by atoms with Crippen molar-refractivity contribution in [2.24, 2.45) is 11.8 Å². The summed E-state index contributed by atoms with van der Waals surface area (Å²) in [4.78, 5) is 11.9. The van der Waals surface area contributed by atoms with Gasteiger partial charge in [-0.1, -0.05) is 18.2 Å². The van der Waals surface area contributed by atoms with E-state index in [1.165, 1.54) is 12.5 Å². The van der Waals surface area contributed by atoms with E-state index >= 15 is 0 Å². The van der Waals surface area contributed by atoms with Crippen LogP contribution in [0.15, 0.2) is 46.8 Å². The maximum Gasteiger partial charge on any atom is 0.192 e. The van der Waals surface area contributed by atoms with Gasteiger partial charge in [-0.15, -0.1) is 0 Å². The molecule has 2 heteroatoms. The highest BCUT2D eigenvalue weighted by atomic mass is 16.3. The van der Waals surface area contributed by atoms with Crippen molar-refractivity contribution in [3.05, 3.63) is 48.0 Å². The Labute approximate surface area is 81.9 Å². The smallest absolute Gasteiger partial charge is 0.192 e. The summed E-state index contributed by atoms with van der Waals surface area (Å²) in [7, 11) is 0. The van der Waals surface area contributed by atoms with Crippen molar-refractivity contribution in [2.45, 2.75) is 6.42 Å². The molecule has 2 aliphatic carbocycles. The van der Waals surface area contributed by atoms with Crippen LogP contribution in [0.2, 0.25) is 0 Å². The largest absolute Gasteiger partial charge is 0.472 e. The minimum absolute atomic E-state index is 0.121. The summed E-state index contributed by atoms with van der Waals surface area (Å²) in [5.74, 6) is 0.962. The minimum Gasteiger partial charge on any atom is -0.472 e. The molecule has 2 atom stereocenters. The molecule has 0 N–H and O–H groups in total. The molecule has 0 aliphatic heterocycles. The molecule has 3 rings (SSSR count). The monoisotopic (exact) mass is 186 g/mol. The number of rotatable bonds is 2. The maximum atomic E-state index is 11.9. The molecule has 0 amide bonds. The number of carbonyl (C=O) groups is 1. The van der Waals surface area contributed by atoms with Gasteiger partial charge in [-0.05, 0) is 18.4 Å². The first-order valence-corrected chi connectivity index (χ1v) is 4.81. The van der Waals surface area contributed by atoms with E-state index in [2.05, 4.69) is 18.2 Å². The van der Waals surface area contributed by atoms with Crippen molar-refractivity contribution in [2.75, 3.05) is 0 Å². The molecule has 2 aliphatic rings. The van der Waals surface area contributed by atoms with Gasteiger partial charge in [0.05, 0.1) is 11.8 Å². The molecular weight excluding hydrogens is 176 g/mol. The standard InChI is InChI=1S/C12H10O2/c13-12(10-3-4-14-7-10)11-6-8-1-2-9(11)5-8/h1-4,6-9H,5H2. The number of furan rings is 1. The summed E-state index contributed by atoms with van der Waals surface area (Å²) in [6, 6.07) is 1.72. The third-order valence-corrected chi connectivity index (χ3v) is 2.96. The lowest BCUT2D eigenvalue weighted by atomic mass is 9.96. The lowest BCUT2D eigenvalue weighted by molar-refractivity contribution is 0.102. The van der Waals surface area contributed by atoms with Crippen LogP contribution in [0.1, 0.15) is 16.8 Å². The highest BCUT2D eigenvalue weighted by Crippen LogP contribution is 2.39. The molecule has 2 unspecified atom stereocenters. The van der Waals surface area contributed by atoms with Gasteiger partial charge in [0.15, 0.2) is 5.78 Å². The molecule has 1 heterocycles. The summed E-state index contributed by atoms with van der Waals surface area (Å²) < 4.78 is 4.91. The fraction of sp³-hybridized carbons (Fsp3) is 0.250. The van der Waals surface area contributed by atoms with Gasteiger partial charge in [0.1, 0.15) is 6.26 Å². The van der Waals surface area contributed by atoms with Gasteiger partial charge in [0.2, 0.25) is 0 Å². The average molecular weight is 186 g/mol. The van der Waals surface area contributed by atoms with Crippen LogP contribution < -0.4 is 0 Å². The predicted octanol–water partition coefficient (Wildman–Crippen LogP) is 2.59. The van der Waals surface area contributed by atoms with Crippen molar-refractivity contribution >= 4 is 5.78 Å². The Morgan fingerprint density at radius 3 is 2.93 bits per heavy atom. The molecule has 0 fully saturated rings. The first kappa shape index (κ1) is 7.80. The zero-order valence-corrected chi connectivity index (χ0v) is 7.64. The van der Waals surface area contributed by atoms with E-state index in [-0.39, 0.29) is 5.78 Å². The first-order valence-electron chi connectivity index (χ1n) is 4.81. The number of ketones is 1. The Bertz CT molecular complexity index is 423. The van der Waals surface area contributed by atoms with Gasteiger partial charge < -0.3 is 4.42 Å². The van der Waals surface area contributed by atoms with Crippen LogP contribution in [0.25, 0.3) is 0 Å². The lowest BCUT2D eigenvalue weighted by Gasteiger charge is -2.06. The Kier molecular flexibility index (Phi) is 1.51. The first-order chi connectivity index (χ1) is 6.84. The fourth-order valence-electron chi connectivity index (χ4n) is 2.24. The van der Waals surface area contributed by atoms with Crippen LogP contribution in [-0.4, -0.2) is 5.78 Å². The summed E-state index contributed by atoms with van der Waals surface area (Å²) in [6.07, 6.45) is 10.5. The van der Waals surface area contributed by atoms with Crippen LogP contribution in [0.5, 0.6) is 0 Å². The molecule has 0 saturated carbocycles. The predicted molar refractivity (Wildman–Crippen MR) is 51.9 cm³/mol. The molecule has 0 aromatic carbocycles. The van der Waals surface area contributed by atoms with E-state index in [0.717, 1.165) is 12.0 Å². The topological polar surface area (TPSA) is 30.2 Å². The molecule has 70 valence electrons. The van der Waals surface area contributed by atoms with E-state index < -0.39 is 0 Å². The summed E-state index contributed by atoms with van der Waals surface area (Å²) in [5.41, 5.74) is 1.61. The van der Waals surface area contributed by atoms with Crippen molar-refractivity contribution in [1.82, 2.24) is 0 Å². The Hall–Kier alpha value is -1.57. The van der Waals surface area contributed by atoms with Crippen LogP contribution in [0.4, 0.5) is 0 Å². The van der Waals surface area contributed by atoms with Gasteiger partial charge in [0.25, 0.3) is 0 Å². The van der Waals surface area contributed by atoms with Gasteiger partial charge in [0, 0.05) is 11.5 Å². The Morgan fingerprint density at radius 1 is 1.43 bits per heavy atom. The maximum absolute atomic E-state index is 11.9. The van der Waals surface area contributed by atoms with Crippen molar-refractivity contribution < 1.29 is 9.21 Å². The molecule has 0 spiro atoms. The number of carbonyl (C=O) groups excluding carboxylic acids is 1. The van der Waals surface area contributed by atoms with E-state index in [0.29, 0.717) is 17.4 Å². The van der Waals surface area contributed by atoms with Gasteiger partial charge in [-0.3, -0.25) is 4.79 Å². The van der Waals surface area contributed by atoms with Gasteiger partial charge in [-0.25, -0.2) is 0 Å². The van der Waals surface area contributed by atoms with E-state index in [9.17, 15) is 4.79 Å². The molecule has 0 radical (unpaired) electrons. The molecular formula is C12H10O2. The molecule has 1 aromatic rings. The minimum atomic E-state index is 0.121. The average Bonchev–Trinajstić information content (AvgIpc) is 2.93. The lowest BCUT2D eigenvalue weighted by Crippen LogP contribution is -2.07. The SMILES string of the molecule is O=C(C1=CC2C=CC1C2)c1ccoc1. The van der Waals surface area contributed by atoms with Crippen molar-refractivity contribution in [1.29, 1.82) is 0 Å². The van der Waals surface area contributed by atoms with Crippen LogP contribution in [0, 0.1) is 11.8 Å². The molecule has 2 bridgehead atoms. The number of hydrogen-bond acceptors (Lipinski definition) is 2. The zero-order valence-electron chi connectivity index (χ0n) is 7.64. The number of hydrogen-bond donors (Lipinski definition) is 0. The highest BCUT2D eigenvalue weighted by Gasteiger charge is 2.32. The Morgan fingerprint density at radius 2 is 2.36 bits per heavy atom. The molecule has 2 nitrogen and oxygen atoms in total. The van der Waals surface area contributed by atoms with Crippen LogP contribution in [-0.2, 0) is 0 Å². The van der Waals surface area contributed by atoms with Crippen LogP contribution in [0.3, 0.4) is 0 Å². The second kappa shape index (κ2) is 2.71. The third kappa shape index (κ3) is 1.00. The summed E-state index contributed by atoms with van der Waals surface area (Å²) >= 11 is 0. The number of allylic oxidation sites excluding steroid dienone is 4. The fourth-order valence-corrected chi connectivity index (χ4v) is 2.24. The normalized spacial score (nSPS) is 28.1. The van der Waals surface area contributed by atoms with E-state index in [1.807, 2.05) is 0 Å². The molecule has 0 saturated heterocycles. The number of Topliss-reactive ketones (excluding diaryl/α,β-unsaturated/α-hetero) is 1. The quantitative estimate of drug-likeness (QED) is 0.525. The third-order valence-electron chi connectivity index (χ3n) is 2.96. The second-order valence-corrected chi connectivity index (χ2v) is 3.85. The van der Waals surface area contributed by atoms with E-state index in [4.69, 9.17) is 4.42 Å². The zero-order chi connectivity index (χ0) is 9.54. The second-order valence-electron chi connectivity index (χ2n) is 3.85. The van der Waals surface area contributed by atoms with Crippen molar-refractivity contribution in [3.8, 4) is 0 Å². The summed E-state index contributed by atoms with van der Waals surface area (Å²) in [5, 5.41) is 0. The van der Waals surface area contributed by atoms with Gasteiger partial charge >= 0.3 is 0 Å².